The molecular formula is C90H54N8. The molecule has 7 aromatic heterocycles. The van der Waals surface area contributed by atoms with Gasteiger partial charge in [-0.05, 0) is 121 Å². The van der Waals surface area contributed by atoms with Crippen molar-refractivity contribution in [3.63, 3.8) is 0 Å². The van der Waals surface area contributed by atoms with Crippen molar-refractivity contribution >= 4 is 131 Å². The van der Waals surface area contributed by atoms with Crippen molar-refractivity contribution < 1.29 is 0 Å². The molecule has 0 N–H and O–H groups in total. The lowest BCUT2D eigenvalue weighted by Crippen LogP contribution is -2.06. The van der Waals surface area contributed by atoms with Gasteiger partial charge in [0.25, 0.3) is 0 Å². The SMILES string of the molecule is N#Cc1cc(-n2c3cc(-n4c5ccccc5c5ccccc54)ccc3c3ccc(-n4c5ccccc5c5ccccc54)cc32)c(-c2cccc(-c3ccccc3)n2)cc1-n1c2cc(-n3c4ccccc4c4ccccc43)ccc2c2ccc(-n3c4ccccc4c4ccccc43)cc21. The first-order valence-corrected chi connectivity index (χ1v) is 33.3. The lowest BCUT2D eigenvalue weighted by atomic mass is 10.0. The highest BCUT2D eigenvalue weighted by atomic mass is 15.1. The van der Waals surface area contributed by atoms with E-state index in [2.05, 4.69) is 355 Å². The molecule has 8 nitrogen and oxygen atoms in total. The van der Waals surface area contributed by atoms with E-state index >= 15 is 0 Å². The molecule has 0 amide bonds. The van der Waals surface area contributed by atoms with Crippen molar-refractivity contribution in [1.29, 1.82) is 5.26 Å². The van der Waals surface area contributed by atoms with Gasteiger partial charge in [0.2, 0.25) is 0 Å². The Morgan fingerprint density at radius 1 is 0.214 bits per heavy atom. The first kappa shape index (κ1) is 54.0. The van der Waals surface area contributed by atoms with E-state index in [1.807, 2.05) is 6.07 Å². The van der Waals surface area contributed by atoms with Gasteiger partial charge in [-0.15, -0.1) is 0 Å². The van der Waals surface area contributed by atoms with Crippen LogP contribution in [0.25, 0.3) is 187 Å². The Morgan fingerprint density at radius 3 is 0.806 bits per heavy atom. The van der Waals surface area contributed by atoms with Crippen LogP contribution in [0.4, 0.5) is 0 Å². The summed E-state index contributed by atoms with van der Waals surface area (Å²) in [5.41, 5.74) is 22.4. The second-order valence-electron chi connectivity index (χ2n) is 25.7. The average Bonchev–Trinajstić information content (AvgIpc) is 1.55. The van der Waals surface area contributed by atoms with E-state index in [1.165, 1.54) is 43.1 Å². The molecular weight excluding hydrogens is 1190 g/mol. The fourth-order valence-electron chi connectivity index (χ4n) is 16.5. The summed E-state index contributed by atoms with van der Waals surface area (Å²) in [6.07, 6.45) is 0. The van der Waals surface area contributed by atoms with Gasteiger partial charge in [0.05, 0.1) is 94.5 Å². The minimum Gasteiger partial charge on any atom is -0.309 e. The smallest absolute Gasteiger partial charge is 0.101 e. The van der Waals surface area contributed by atoms with Crippen molar-refractivity contribution in [3.8, 4) is 62.7 Å². The quantitative estimate of drug-likeness (QED) is 0.152. The molecule has 0 aliphatic rings. The molecule has 0 saturated carbocycles. The predicted octanol–water partition coefficient (Wildman–Crippen LogP) is 22.9. The molecule has 14 aromatic carbocycles. The number of nitriles is 1. The van der Waals surface area contributed by atoms with Crippen molar-refractivity contribution in [2.24, 2.45) is 0 Å². The monoisotopic (exact) mass is 1250 g/mol. The van der Waals surface area contributed by atoms with E-state index < -0.39 is 0 Å². The maximum Gasteiger partial charge on any atom is 0.101 e. The molecule has 0 fully saturated rings. The van der Waals surface area contributed by atoms with E-state index in [0.29, 0.717) is 5.56 Å². The Hall–Kier alpha value is -13.5. The molecule has 8 heteroatoms. The van der Waals surface area contributed by atoms with Gasteiger partial charge in [-0.2, -0.15) is 5.26 Å². The van der Waals surface area contributed by atoms with Crippen LogP contribution in [0, 0.1) is 11.3 Å². The van der Waals surface area contributed by atoms with Crippen LogP contribution in [-0.2, 0) is 0 Å². The topological polar surface area (TPSA) is 66.3 Å². The number of aromatic nitrogens is 7. The van der Waals surface area contributed by atoms with Crippen LogP contribution >= 0.6 is 0 Å². The Morgan fingerprint density at radius 2 is 0.490 bits per heavy atom. The summed E-state index contributed by atoms with van der Waals surface area (Å²) in [5.74, 6) is 0. The Kier molecular flexibility index (Phi) is 11.4. The van der Waals surface area contributed by atoms with Crippen molar-refractivity contribution in [2.45, 2.75) is 0 Å². The summed E-state index contributed by atoms with van der Waals surface area (Å²) in [7, 11) is 0. The van der Waals surface area contributed by atoms with Crippen LogP contribution in [0.5, 0.6) is 0 Å². The van der Waals surface area contributed by atoms with Gasteiger partial charge in [-0.3, -0.25) is 0 Å². The zero-order valence-electron chi connectivity index (χ0n) is 52.8. The van der Waals surface area contributed by atoms with Crippen LogP contribution in [0.2, 0.25) is 0 Å². The van der Waals surface area contributed by atoms with Crippen molar-refractivity contribution in [3.05, 3.63) is 333 Å². The number of pyridine rings is 1. The normalized spacial score (nSPS) is 12.1. The van der Waals surface area contributed by atoms with Crippen molar-refractivity contribution in [1.82, 2.24) is 32.4 Å². The maximum absolute atomic E-state index is 12.4. The highest BCUT2D eigenvalue weighted by molar-refractivity contribution is 6.17. The summed E-state index contributed by atoms with van der Waals surface area (Å²) in [5, 5.41) is 26.2. The molecule has 98 heavy (non-hydrogen) atoms. The van der Waals surface area contributed by atoms with E-state index in [4.69, 9.17) is 4.98 Å². The molecule has 0 spiro atoms. The van der Waals surface area contributed by atoms with E-state index in [9.17, 15) is 5.26 Å². The first-order chi connectivity index (χ1) is 48.6. The minimum absolute atomic E-state index is 0.499. The zero-order chi connectivity index (χ0) is 64.3. The predicted molar refractivity (Wildman–Crippen MR) is 406 cm³/mol. The van der Waals surface area contributed by atoms with Gasteiger partial charge in [0, 0.05) is 98.5 Å². The molecule has 0 radical (unpaired) electrons. The standard InChI is InChI=1S/C90H54N8/c91-55-57-49-86(98-89-52-60(95-81-37-16-8-27-66(81)67-28-9-17-38-82(67)95)43-47-72(89)73-48-44-61(53-90(73)98)96-83-39-18-10-29-68(83)69-30-11-19-40-84(69)96)74(76-32-20-31-75(92-76)56-21-2-1-3-22-56)54-85(57)97-87-50-58(93-77-33-12-4-23-62(77)63-24-5-13-34-78(63)93)41-45-70(87)71-46-42-59(51-88(71)97)94-79-35-14-6-25-64(79)65-26-7-15-36-80(65)94/h1-54H. The van der Waals surface area contributed by atoms with E-state index in [-0.39, 0.29) is 0 Å². The van der Waals surface area contributed by atoms with Gasteiger partial charge in [-0.25, -0.2) is 4.98 Å². The number of hydrogen-bond acceptors (Lipinski definition) is 2. The van der Waals surface area contributed by atoms with Crippen LogP contribution in [0.3, 0.4) is 0 Å². The third kappa shape index (κ3) is 7.72. The number of fused-ring (bicyclic) bond motifs is 18. The number of hydrogen-bond donors (Lipinski definition) is 0. The van der Waals surface area contributed by atoms with Crippen molar-refractivity contribution in [2.75, 3.05) is 0 Å². The number of rotatable bonds is 8. The zero-order valence-corrected chi connectivity index (χ0v) is 52.8. The summed E-state index contributed by atoms with van der Waals surface area (Å²) in [4.78, 5) is 5.69. The Bertz CT molecular complexity index is 6460. The Balaban J connectivity index is 0.899. The number of benzene rings is 14. The third-order valence-electron chi connectivity index (χ3n) is 20.6. The fourth-order valence-corrected chi connectivity index (χ4v) is 16.5. The molecule has 7 heterocycles. The summed E-state index contributed by atoms with van der Waals surface area (Å²) < 4.78 is 14.3. The van der Waals surface area contributed by atoms with Crippen LogP contribution in [-0.4, -0.2) is 32.4 Å². The fraction of sp³-hybridized carbons (Fsp3) is 0. The van der Waals surface area contributed by atoms with Gasteiger partial charge in [0.15, 0.2) is 0 Å². The maximum atomic E-state index is 12.4. The lowest BCUT2D eigenvalue weighted by molar-refractivity contribution is 1.11. The van der Waals surface area contributed by atoms with Crippen LogP contribution in [0.15, 0.2) is 328 Å². The molecule has 0 unspecified atom stereocenters. The highest BCUT2D eigenvalue weighted by Gasteiger charge is 2.27. The summed E-state index contributed by atoms with van der Waals surface area (Å²) in [6, 6.07) is 121. The van der Waals surface area contributed by atoms with Gasteiger partial charge in [0.1, 0.15) is 6.07 Å². The van der Waals surface area contributed by atoms with E-state index in [0.717, 1.165) is 144 Å². The third-order valence-corrected chi connectivity index (χ3v) is 20.6. The molecule has 0 aliphatic heterocycles. The largest absolute Gasteiger partial charge is 0.309 e. The molecule has 21 aromatic rings. The number of nitrogens with zero attached hydrogens (tertiary/aromatic N) is 8. The molecule has 21 rings (SSSR count). The minimum atomic E-state index is 0.499. The second-order valence-corrected chi connectivity index (χ2v) is 25.7. The van der Waals surface area contributed by atoms with Crippen LogP contribution in [0.1, 0.15) is 5.56 Å². The van der Waals surface area contributed by atoms with Gasteiger partial charge < -0.3 is 27.4 Å². The molecule has 0 saturated heterocycles. The average molecular weight is 1250 g/mol. The molecule has 0 bridgehead atoms. The number of para-hydroxylation sites is 8. The first-order valence-electron chi connectivity index (χ1n) is 33.3. The summed E-state index contributed by atoms with van der Waals surface area (Å²) >= 11 is 0. The molecule has 0 aliphatic carbocycles. The van der Waals surface area contributed by atoms with E-state index in [1.54, 1.807) is 0 Å². The second kappa shape index (κ2) is 20.8. The summed E-state index contributed by atoms with van der Waals surface area (Å²) in [6.45, 7) is 0. The van der Waals surface area contributed by atoms with Crippen LogP contribution < -0.4 is 0 Å². The van der Waals surface area contributed by atoms with Gasteiger partial charge >= 0.3 is 0 Å². The van der Waals surface area contributed by atoms with Gasteiger partial charge in [-0.1, -0.05) is 206 Å². The highest BCUT2D eigenvalue weighted by Crippen LogP contribution is 2.46. The molecule has 454 valence electrons. The Labute approximate surface area is 561 Å². The molecule has 0 atom stereocenters. The lowest BCUT2D eigenvalue weighted by Gasteiger charge is -2.20.